The third-order valence-electron chi connectivity index (χ3n) is 7.96. The van der Waals surface area contributed by atoms with Crippen LogP contribution in [0.15, 0.2) is 0 Å². The maximum absolute atomic E-state index is 11.1. The molecule has 2 nitrogen and oxygen atoms in total. The van der Waals surface area contributed by atoms with Gasteiger partial charge in [0.15, 0.2) is 0 Å². The van der Waals surface area contributed by atoms with E-state index in [0.29, 0.717) is 23.2 Å². The highest BCUT2D eigenvalue weighted by atomic mass is 16.3. The quantitative estimate of drug-likeness (QED) is 0.754. The SMILES string of the molecule is CC(C)[C@@H]1CC[C@H]2[C@H]3C[C@@](C)(O)CC[C@@H]3[C@@](C)(O)CC[C@@]12C. The Labute approximate surface area is 136 Å². The Balaban J connectivity index is 1.98. The van der Waals surface area contributed by atoms with Crippen LogP contribution in [0.5, 0.6) is 0 Å². The zero-order chi connectivity index (χ0) is 16.3. The smallest absolute Gasteiger partial charge is 0.0650 e. The van der Waals surface area contributed by atoms with Crippen LogP contribution in [-0.2, 0) is 0 Å². The lowest BCUT2D eigenvalue weighted by molar-refractivity contribution is -0.102. The molecule has 0 bridgehead atoms. The fraction of sp³-hybridized carbons (Fsp3) is 1.00. The van der Waals surface area contributed by atoms with E-state index in [4.69, 9.17) is 0 Å². The van der Waals surface area contributed by atoms with Crippen LogP contribution < -0.4 is 0 Å². The molecular formula is C20H36O2. The normalized spacial score (nSPS) is 55.6. The van der Waals surface area contributed by atoms with Crippen molar-refractivity contribution >= 4 is 0 Å². The van der Waals surface area contributed by atoms with Gasteiger partial charge in [-0.2, -0.15) is 0 Å². The van der Waals surface area contributed by atoms with Crippen LogP contribution in [-0.4, -0.2) is 21.4 Å². The average molecular weight is 309 g/mol. The van der Waals surface area contributed by atoms with E-state index in [0.717, 1.165) is 43.9 Å². The van der Waals surface area contributed by atoms with E-state index in [1.54, 1.807) is 0 Å². The van der Waals surface area contributed by atoms with Gasteiger partial charge < -0.3 is 10.2 Å². The summed E-state index contributed by atoms with van der Waals surface area (Å²) in [5.74, 6) is 3.06. The third kappa shape index (κ3) is 2.55. The number of fused-ring (bicyclic) bond motifs is 3. The predicted molar refractivity (Wildman–Crippen MR) is 90.5 cm³/mol. The third-order valence-corrected chi connectivity index (χ3v) is 7.96. The summed E-state index contributed by atoms with van der Waals surface area (Å²) < 4.78 is 0. The van der Waals surface area contributed by atoms with Crippen molar-refractivity contribution in [2.24, 2.45) is 35.0 Å². The second kappa shape index (κ2) is 5.21. The second-order valence-electron chi connectivity index (χ2n) is 9.91. The van der Waals surface area contributed by atoms with E-state index in [2.05, 4.69) is 27.7 Å². The lowest BCUT2D eigenvalue weighted by Crippen LogP contribution is -2.48. The van der Waals surface area contributed by atoms with Gasteiger partial charge in [-0.3, -0.25) is 0 Å². The lowest BCUT2D eigenvalue weighted by atomic mass is 9.59. The zero-order valence-corrected chi connectivity index (χ0v) is 15.2. The lowest BCUT2D eigenvalue weighted by Gasteiger charge is -2.48. The Hall–Kier alpha value is -0.0800. The minimum absolute atomic E-state index is 0.352. The summed E-state index contributed by atoms with van der Waals surface area (Å²) in [5, 5.41) is 21.8. The minimum Gasteiger partial charge on any atom is -0.390 e. The first-order chi connectivity index (χ1) is 10.1. The van der Waals surface area contributed by atoms with E-state index >= 15 is 0 Å². The van der Waals surface area contributed by atoms with Crippen molar-refractivity contribution in [1.82, 2.24) is 0 Å². The largest absolute Gasteiger partial charge is 0.390 e. The molecule has 3 fully saturated rings. The molecule has 128 valence electrons. The van der Waals surface area contributed by atoms with E-state index in [9.17, 15) is 10.2 Å². The van der Waals surface area contributed by atoms with Gasteiger partial charge in [0.25, 0.3) is 0 Å². The average Bonchev–Trinajstić information content (AvgIpc) is 2.70. The number of rotatable bonds is 1. The van der Waals surface area contributed by atoms with Crippen LogP contribution in [0, 0.1) is 35.0 Å². The molecule has 0 amide bonds. The van der Waals surface area contributed by atoms with Gasteiger partial charge in [-0.15, -0.1) is 0 Å². The molecule has 3 saturated carbocycles. The molecule has 0 aromatic rings. The fourth-order valence-corrected chi connectivity index (χ4v) is 6.80. The first kappa shape index (κ1) is 16.8. The van der Waals surface area contributed by atoms with Crippen LogP contribution >= 0.6 is 0 Å². The first-order valence-corrected chi connectivity index (χ1v) is 9.52. The molecule has 0 saturated heterocycles. The van der Waals surface area contributed by atoms with Gasteiger partial charge in [-0.1, -0.05) is 20.8 Å². The molecule has 2 heteroatoms. The molecule has 2 N–H and O–H groups in total. The standard InChI is InChI=1S/C20H36O2/c1-13(2)15-6-7-16-14-12-18(3,21)9-8-17(14)20(5,22)11-10-19(15,16)4/h13-17,21-22H,6-12H2,1-5H3/t14-,15+,16+,17+,18+,19+,20+/m1/s1. The van der Waals surface area contributed by atoms with E-state index in [1.165, 1.54) is 12.8 Å². The Kier molecular flexibility index (Phi) is 3.97. The Morgan fingerprint density at radius 2 is 1.55 bits per heavy atom. The van der Waals surface area contributed by atoms with Crippen molar-refractivity contribution < 1.29 is 10.2 Å². The molecular weight excluding hydrogens is 272 g/mol. The molecule has 0 radical (unpaired) electrons. The number of hydrogen-bond donors (Lipinski definition) is 2. The Bertz CT molecular complexity index is 425. The van der Waals surface area contributed by atoms with Crippen LogP contribution in [0.2, 0.25) is 0 Å². The molecule has 0 spiro atoms. The summed E-state index contributed by atoms with van der Waals surface area (Å²) in [5.41, 5.74) is -0.723. The second-order valence-corrected chi connectivity index (χ2v) is 9.91. The summed E-state index contributed by atoms with van der Waals surface area (Å²) >= 11 is 0. The molecule has 0 aromatic heterocycles. The van der Waals surface area contributed by atoms with Gasteiger partial charge in [0.2, 0.25) is 0 Å². The van der Waals surface area contributed by atoms with Gasteiger partial charge in [0.1, 0.15) is 0 Å². The minimum atomic E-state index is -0.546. The summed E-state index contributed by atoms with van der Waals surface area (Å²) in [6.45, 7) is 11.3. The predicted octanol–water partition coefficient (Wildman–Crippen LogP) is 4.39. The van der Waals surface area contributed by atoms with Gasteiger partial charge in [-0.25, -0.2) is 0 Å². The van der Waals surface area contributed by atoms with E-state index in [1.807, 2.05) is 6.92 Å². The summed E-state index contributed by atoms with van der Waals surface area (Å²) in [6.07, 6.45) is 7.46. The topological polar surface area (TPSA) is 40.5 Å². The van der Waals surface area contributed by atoms with Crippen LogP contribution in [0.4, 0.5) is 0 Å². The van der Waals surface area contributed by atoms with Crippen LogP contribution in [0.25, 0.3) is 0 Å². The molecule has 0 aromatic carbocycles. The van der Waals surface area contributed by atoms with Crippen LogP contribution in [0.3, 0.4) is 0 Å². The Morgan fingerprint density at radius 3 is 2.18 bits per heavy atom. The first-order valence-electron chi connectivity index (χ1n) is 9.52. The fourth-order valence-electron chi connectivity index (χ4n) is 6.80. The van der Waals surface area contributed by atoms with Crippen molar-refractivity contribution in [2.75, 3.05) is 0 Å². The molecule has 3 aliphatic rings. The van der Waals surface area contributed by atoms with Crippen molar-refractivity contribution in [3.05, 3.63) is 0 Å². The van der Waals surface area contributed by atoms with Crippen molar-refractivity contribution in [1.29, 1.82) is 0 Å². The van der Waals surface area contributed by atoms with Gasteiger partial charge in [-0.05, 0) is 93.8 Å². The maximum atomic E-state index is 11.1. The van der Waals surface area contributed by atoms with Crippen molar-refractivity contribution in [3.8, 4) is 0 Å². The molecule has 7 atom stereocenters. The summed E-state index contributed by atoms with van der Waals surface area (Å²) in [6, 6.07) is 0. The van der Waals surface area contributed by atoms with Gasteiger partial charge in [0, 0.05) is 0 Å². The van der Waals surface area contributed by atoms with Crippen LogP contribution in [0.1, 0.15) is 79.6 Å². The highest BCUT2D eigenvalue weighted by molar-refractivity contribution is 5.08. The molecule has 22 heavy (non-hydrogen) atoms. The maximum Gasteiger partial charge on any atom is 0.0650 e. The van der Waals surface area contributed by atoms with Crippen molar-refractivity contribution in [3.63, 3.8) is 0 Å². The highest BCUT2D eigenvalue weighted by Gasteiger charge is 2.58. The Morgan fingerprint density at radius 1 is 0.864 bits per heavy atom. The summed E-state index contributed by atoms with van der Waals surface area (Å²) in [7, 11) is 0. The highest BCUT2D eigenvalue weighted by Crippen LogP contribution is 2.63. The summed E-state index contributed by atoms with van der Waals surface area (Å²) in [4.78, 5) is 0. The molecule has 0 heterocycles. The molecule has 3 rings (SSSR count). The van der Waals surface area contributed by atoms with Gasteiger partial charge in [0.05, 0.1) is 11.2 Å². The molecule has 3 aliphatic carbocycles. The van der Waals surface area contributed by atoms with Crippen molar-refractivity contribution in [2.45, 2.75) is 90.8 Å². The van der Waals surface area contributed by atoms with E-state index < -0.39 is 11.2 Å². The number of hydrogen-bond acceptors (Lipinski definition) is 2. The number of aliphatic hydroxyl groups is 2. The zero-order valence-electron chi connectivity index (χ0n) is 15.2. The molecule has 0 unspecified atom stereocenters. The monoisotopic (exact) mass is 308 g/mol. The van der Waals surface area contributed by atoms with Gasteiger partial charge >= 0.3 is 0 Å². The molecule has 0 aliphatic heterocycles. The van der Waals surface area contributed by atoms with E-state index in [-0.39, 0.29) is 0 Å².